The van der Waals surface area contributed by atoms with Crippen LogP contribution in [-0.2, 0) is 10.0 Å². The molecule has 2 N–H and O–H groups in total. The first-order valence-corrected chi connectivity index (χ1v) is 8.16. The maximum atomic E-state index is 12.0. The molecule has 0 saturated carbocycles. The van der Waals surface area contributed by atoms with Crippen LogP contribution in [0.2, 0.25) is 0 Å². The Morgan fingerprint density at radius 3 is 3.00 bits per heavy atom. The molecule has 5 nitrogen and oxygen atoms in total. The highest BCUT2D eigenvalue weighted by Gasteiger charge is 2.17. The van der Waals surface area contributed by atoms with Crippen molar-refractivity contribution >= 4 is 26.0 Å². The van der Waals surface area contributed by atoms with Crippen LogP contribution in [0.4, 0.5) is 0 Å². The first-order chi connectivity index (χ1) is 8.58. The van der Waals surface area contributed by atoms with Crippen LogP contribution in [0, 0.1) is 5.92 Å². The molecule has 0 aromatic carbocycles. The van der Waals surface area contributed by atoms with Gasteiger partial charge in [0.1, 0.15) is 4.90 Å². The molecule has 7 heteroatoms. The van der Waals surface area contributed by atoms with Gasteiger partial charge in [0.2, 0.25) is 10.0 Å². The van der Waals surface area contributed by atoms with Gasteiger partial charge in [-0.15, -0.1) is 0 Å². The summed E-state index contributed by atoms with van der Waals surface area (Å²) in [6.07, 6.45) is 4.90. The van der Waals surface area contributed by atoms with Crippen molar-refractivity contribution < 1.29 is 8.42 Å². The Kier molecular flexibility index (Phi) is 4.71. The monoisotopic (exact) mass is 333 g/mol. The molecule has 1 atom stereocenters. The second-order valence-corrected chi connectivity index (χ2v) is 7.07. The average Bonchev–Trinajstić information content (AvgIpc) is 2.82. The molecule has 0 bridgehead atoms. The quantitative estimate of drug-likeness (QED) is 0.847. The lowest BCUT2D eigenvalue weighted by atomic mass is 10.1. The summed E-state index contributed by atoms with van der Waals surface area (Å²) in [5.41, 5.74) is 0. The van der Waals surface area contributed by atoms with Crippen LogP contribution in [0.1, 0.15) is 12.8 Å². The standard InChI is InChI=1S/C11H16BrN3O2S/c12-10-5-11(8-14-7-10)18(16,17)15-4-2-9-1-3-13-6-9/h5,7-9,13,15H,1-4,6H2. The number of aromatic nitrogens is 1. The number of sulfonamides is 1. The number of nitrogens with zero attached hydrogens (tertiary/aromatic N) is 1. The fourth-order valence-electron chi connectivity index (χ4n) is 1.98. The highest BCUT2D eigenvalue weighted by Crippen LogP contribution is 2.15. The molecule has 1 fully saturated rings. The van der Waals surface area contributed by atoms with Gasteiger partial charge in [0.15, 0.2) is 0 Å². The zero-order chi connectivity index (χ0) is 13.0. The van der Waals surface area contributed by atoms with Crippen LogP contribution >= 0.6 is 15.9 Å². The Morgan fingerprint density at radius 2 is 2.33 bits per heavy atom. The van der Waals surface area contributed by atoms with Crippen LogP contribution < -0.4 is 10.0 Å². The summed E-state index contributed by atoms with van der Waals surface area (Å²) >= 11 is 3.21. The van der Waals surface area contributed by atoms with E-state index in [1.165, 1.54) is 6.20 Å². The van der Waals surface area contributed by atoms with E-state index in [2.05, 4.69) is 31.0 Å². The molecule has 0 aliphatic carbocycles. The smallest absolute Gasteiger partial charge is 0.242 e. The van der Waals surface area contributed by atoms with Gasteiger partial charge in [-0.1, -0.05) is 0 Å². The number of pyridine rings is 1. The average molecular weight is 334 g/mol. The third-order valence-corrected chi connectivity index (χ3v) is 4.86. The van der Waals surface area contributed by atoms with Gasteiger partial charge < -0.3 is 5.32 Å². The first kappa shape index (κ1) is 13.9. The van der Waals surface area contributed by atoms with Gasteiger partial charge >= 0.3 is 0 Å². The summed E-state index contributed by atoms with van der Waals surface area (Å²) in [6, 6.07) is 1.55. The van der Waals surface area contributed by atoms with E-state index >= 15 is 0 Å². The third kappa shape index (κ3) is 3.74. The maximum Gasteiger partial charge on any atom is 0.242 e. The lowest BCUT2D eigenvalue weighted by Crippen LogP contribution is -2.26. The van der Waals surface area contributed by atoms with Gasteiger partial charge in [-0.25, -0.2) is 13.1 Å². The lowest BCUT2D eigenvalue weighted by molar-refractivity contribution is 0.519. The molecule has 0 amide bonds. The van der Waals surface area contributed by atoms with E-state index in [-0.39, 0.29) is 4.90 Å². The summed E-state index contributed by atoms with van der Waals surface area (Å²) in [7, 11) is -3.44. The Bertz CT molecular complexity index is 501. The molecule has 1 aromatic heterocycles. The van der Waals surface area contributed by atoms with Crippen molar-refractivity contribution in [3.63, 3.8) is 0 Å². The second kappa shape index (κ2) is 6.10. The number of halogens is 1. The molecule has 1 unspecified atom stereocenters. The van der Waals surface area contributed by atoms with E-state index in [0.717, 1.165) is 25.9 Å². The molecule has 1 aromatic rings. The second-order valence-electron chi connectivity index (χ2n) is 4.38. The predicted octanol–water partition coefficient (Wildman–Crippen LogP) is 1.12. The first-order valence-electron chi connectivity index (χ1n) is 5.89. The molecule has 0 radical (unpaired) electrons. The van der Waals surface area contributed by atoms with Gasteiger partial charge in [0.25, 0.3) is 0 Å². The van der Waals surface area contributed by atoms with E-state index in [1.54, 1.807) is 12.3 Å². The number of rotatable bonds is 5. The normalized spacial score (nSPS) is 20.2. The molecule has 1 saturated heterocycles. The molecule has 18 heavy (non-hydrogen) atoms. The van der Waals surface area contributed by atoms with E-state index in [0.29, 0.717) is 16.9 Å². The third-order valence-electron chi connectivity index (χ3n) is 3.00. The highest BCUT2D eigenvalue weighted by molar-refractivity contribution is 9.10. The van der Waals surface area contributed by atoms with Crippen LogP contribution in [0.15, 0.2) is 27.8 Å². The van der Waals surface area contributed by atoms with E-state index < -0.39 is 10.0 Å². The summed E-state index contributed by atoms with van der Waals surface area (Å²) < 4.78 is 27.2. The van der Waals surface area contributed by atoms with Crippen molar-refractivity contribution in [3.8, 4) is 0 Å². The van der Waals surface area contributed by atoms with Crippen molar-refractivity contribution in [2.45, 2.75) is 17.7 Å². The Balaban J connectivity index is 1.90. The Labute approximate surface area is 116 Å². The SMILES string of the molecule is O=S(=O)(NCCC1CCNC1)c1cncc(Br)c1. The number of hydrogen-bond donors (Lipinski definition) is 2. The minimum absolute atomic E-state index is 0.196. The molecular formula is C11H16BrN3O2S. The molecule has 2 heterocycles. The fourth-order valence-corrected chi connectivity index (χ4v) is 3.53. The number of nitrogens with one attached hydrogen (secondary N) is 2. The van der Waals surface area contributed by atoms with Crippen LogP contribution in [0.5, 0.6) is 0 Å². The zero-order valence-electron chi connectivity index (χ0n) is 9.89. The van der Waals surface area contributed by atoms with E-state index in [9.17, 15) is 8.42 Å². The zero-order valence-corrected chi connectivity index (χ0v) is 12.3. The van der Waals surface area contributed by atoms with Crippen molar-refractivity contribution in [2.24, 2.45) is 5.92 Å². The van der Waals surface area contributed by atoms with Gasteiger partial charge in [-0.2, -0.15) is 0 Å². The minimum Gasteiger partial charge on any atom is -0.316 e. The molecule has 1 aliphatic heterocycles. The van der Waals surface area contributed by atoms with Crippen LogP contribution in [0.3, 0.4) is 0 Å². The lowest BCUT2D eigenvalue weighted by Gasteiger charge is -2.10. The van der Waals surface area contributed by atoms with Gasteiger partial charge in [0.05, 0.1) is 0 Å². The van der Waals surface area contributed by atoms with E-state index in [1.807, 2.05) is 0 Å². The maximum absolute atomic E-state index is 12.0. The Hall–Kier alpha value is -0.500. The van der Waals surface area contributed by atoms with E-state index in [4.69, 9.17) is 0 Å². The topological polar surface area (TPSA) is 71.1 Å². The summed E-state index contributed by atoms with van der Waals surface area (Å²) in [5.74, 6) is 0.577. The largest absolute Gasteiger partial charge is 0.316 e. The van der Waals surface area contributed by atoms with Gasteiger partial charge in [-0.05, 0) is 53.8 Å². The number of hydrogen-bond acceptors (Lipinski definition) is 4. The van der Waals surface area contributed by atoms with Crippen molar-refractivity contribution in [3.05, 3.63) is 22.9 Å². The molecule has 0 spiro atoms. The summed E-state index contributed by atoms with van der Waals surface area (Å²) in [5, 5.41) is 3.27. The highest BCUT2D eigenvalue weighted by atomic mass is 79.9. The molecular weight excluding hydrogens is 318 g/mol. The van der Waals surface area contributed by atoms with Crippen molar-refractivity contribution in [1.29, 1.82) is 0 Å². The molecule has 1 aliphatic rings. The van der Waals surface area contributed by atoms with Gasteiger partial charge in [0, 0.05) is 23.4 Å². The summed E-state index contributed by atoms with van der Waals surface area (Å²) in [4.78, 5) is 4.06. The van der Waals surface area contributed by atoms with Crippen LogP contribution in [0.25, 0.3) is 0 Å². The predicted molar refractivity (Wildman–Crippen MR) is 72.7 cm³/mol. The fraction of sp³-hybridized carbons (Fsp3) is 0.545. The minimum atomic E-state index is -3.44. The van der Waals surface area contributed by atoms with Crippen LogP contribution in [-0.4, -0.2) is 33.0 Å². The van der Waals surface area contributed by atoms with Gasteiger partial charge in [-0.3, -0.25) is 4.98 Å². The summed E-state index contributed by atoms with van der Waals surface area (Å²) in [6.45, 7) is 2.49. The van der Waals surface area contributed by atoms with Crippen molar-refractivity contribution in [2.75, 3.05) is 19.6 Å². The molecule has 2 rings (SSSR count). The molecule has 100 valence electrons. The Morgan fingerprint density at radius 1 is 1.50 bits per heavy atom. The van der Waals surface area contributed by atoms with Crippen molar-refractivity contribution in [1.82, 2.24) is 15.0 Å².